The van der Waals surface area contributed by atoms with Crippen LogP contribution in [-0.4, -0.2) is 38.8 Å². The van der Waals surface area contributed by atoms with Gasteiger partial charge in [-0.25, -0.2) is 9.97 Å². The minimum Gasteiger partial charge on any atom is -0.369 e. The largest absolute Gasteiger partial charge is 0.369 e. The highest BCUT2D eigenvalue weighted by Crippen LogP contribution is 2.30. The summed E-state index contributed by atoms with van der Waals surface area (Å²) in [5, 5.41) is 3.13. The number of carbonyl (C=O) groups excluding carboxylic acids is 1. The molecule has 2 aromatic heterocycles. The summed E-state index contributed by atoms with van der Waals surface area (Å²) in [4.78, 5) is 26.3. The summed E-state index contributed by atoms with van der Waals surface area (Å²) in [6.07, 6.45) is 7.09. The molecular weight excluding hydrogens is 280 g/mol. The molecule has 114 valence electrons. The van der Waals surface area contributed by atoms with Gasteiger partial charge in [0.2, 0.25) is 5.91 Å². The van der Waals surface area contributed by atoms with Crippen LogP contribution in [0.25, 0.3) is 0 Å². The number of aromatic nitrogens is 3. The Bertz CT molecular complexity index is 647. The number of hydrogen-bond acceptors (Lipinski definition) is 6. The molecule has 0 radical (unpaired) electrons. The molecule has 1 saturated heterocycles. The van der Waals surface area contributed by atoms with Crippen molar-refractivity contribution in [3.63, 3.8) is 0 Å². The molecule has 2 aromatic rings. The van der Waals surface area contributed by atoms with Gasteiger partial charge in [0.15, 0.2) is 0 Å². The van der Waals surface area contributed by atoms with Crippen LogP contribution in [0.1, 0.15) is 24.6 Å². The first-order valence-electron chi connectivity index (χ1n) is 7.25. The number of likely N-dealkylation sites (tertiary alicyclic amines) is 1. The van der Waals surface area contributed by atoms with Crippen molar-refractivity contribution in [2.45, 2.75) is 18.9 Å². The van der Waals surface area contributed by atoms with E-state index < -0.39 is 0 Å². The molecule has 3 rings (SSSR count). The summed E-state index contributed by atoms with van der Waals surface area (Å²) in [5.74, 6) is 1.04. The Balaban J connectivity index is 1.77. The maximum atomic E-state index is 11.2. The van der Waals surface area contributed by atoms with Crippen molar-refractivity contribution >= 4 is 17.5 Å². The van der Waals surface area contributed by atoms with E-state index in [1.165, 1.54) is 0 Å². The predicted octanol–water partition coefficient (Wildman–Crippen LogP) is 1.24. The molecule has 7 heteroatoms. The molecule has 1 amide bonds. The highest BCUT2D eigenvalue weighted by atomic mass is 16.1. The van der Waals surface area contributed by atoms with Crippen LogP contribution in [-0.2, 0) is 4.79 Å². The summed E-state index contributed by atoms with van der Waals surface area (Å²) < 4.78 is 0. The number of nitrogens with one attached hydrogen (secondary N) is 1. The van der Waals surface area contributed by atoms with Gasteiger partial charge in [0.25, 0.3) is 0 Å². The number of amides is 1. The molecule has 7 nitrogen and oxygen atoms in total. The monoisotopic (exact) mass is 298 g/mol. The van der Waals surface area contributed by atoms with Gasteiger partial charge in [-0.3, -0.25) is 14.7 Å². The van der Waals surface area contributed by atoms with E-state index >= 15 is 0 Å². The van der Waals surface area contributed by atoms with Crippen molar-refractivity contribution in [1.29, 1.82) is 0 Å². The zero-order valence-corrected chi connectivity index (χ0v) is 12.1. The number of anilines is 2. The van der Waals surface area contributed by atoms with Crippen LogP contribution in [0.2, 0.25) is 0 Å². The third-order valence-electron chi connectivity index (χ3n) is 3.64. The standard InChI is InChI=1S/C15H18N6O/c16-13(22)10-21-7-3-4-12(21)11-8-17-9-15(19-11)20-14-5-1-2-6-18-14/h1-2,5-6,8-9,12H,3-4,7,10H2,(H2,16,22)(H,18,19,20)/t12-/m1/s1. The SMILES string of the molecule is NC(=O)CN1CCC[C@@H]1c1cncc(Nc2ccccn2)n1. The predicted molar refractivity (Wildman–Crippen MR) is 82.3 cm³/mol. The lowest BCUT2D eigenvalue weighted by Gasteiger charge is -2.22. The normalized spacial score (nSPS) is 18.3. The topological polar surface area (TPSA) is 97.0 Å². The van der Waals surface area contributed by atoms with Crippen molar-refractivity contribution in [2.24, 2.45) is 5.73 Å². The minimum absolute atomic E-state index is 0.0884. The van der Waals surface area contributed by atoms with Crippen LogP contribution in [0, 0.1) is 0 Å². The number of pyridine rings is 1. The number of nitrogens with two attached hydrogens (primary N) is 1. The Labute approximate surface area is 128 Å². The fourth-order valence-electron chi connectivity index (χ4n) is 2.72. The quantitative estimate of drug-likeness (QED) is 0.862. The Morgan fingerprint density at radius 1 is 1.36 bits per heavy atom. The molecule has 3 N–H and O–H groups in total. The summed E-state index contributed by atoms with van der Waals surface area (Å²) >= 11 is 0. The summed E-state index contributed by atoms with van der Waals surface area (Å²) in [5.41, 5.74) is 6.15. The van der Waals surface area contributed by atoms with E-state index in [-0.39, 0.29) is 18.5 Å². The van der Waals surface area contributed by atoms with E-state index in [0.29, 0.717) is 5.82 Å². The smallest absolute Gasteiger partial charge is 0.231 e. The van der Waals surface area contributed by atoms with Crippen LogP contribution < -0.4 is 11.1 Å². The molecule has 22 heavy (non-hydrogen) atoms. The Morgan fingerprint density at radius 2 is 2.27 bits per heavy atom. The number of nitrogens with zero attached hydrogens (tertiary/aromatic N) is 4. The van der Waals surface area contributed by atoms with E-state index in [0.717, 1.165) is 30.9 Å². The second-order valence-corrected chi connectivity index (χ2v) is 5.26. The lowest BCUT2D eigenvalue weighted by molar-refractivity contribution is -0.119. The zero-order chi connectivity index (χ0) is 15.4. The first-order chi connectivity index (χ1) is 10.7. The first kappa shape index (κ1) is 14.4. The van der Waals surface area contributed by atoms with Gasteiger partial charge in [-0.15, -0.1) is 0 Å². The average molecular weight is 298 g/mol. The second kappa shape index (κ2) is 6.48. The van der Waals surface area contributed by atoms with Crippen LogP contribution in [0.5, 0.6) is 0 Å². The van der Waals surface area contributed by atoms with Crippen molar-refractivity contribution in [3.8, 4) is 0 Å². The summed E-state index contributed by atoms with van der Waals surface area (Å²) in [6.45, 7) is 1.11. The molecule has 1 atom stereocenters. The highest BCUT2D eigenvalue weighted by molar-refractivity contribution is 5.76. The van der Waals surface area contributed by atoms with E-state index in [1.807, 2.05) is 18.2 Å². The molecular formula is C15H18N6O. The first-order valence-corrected chi connectivity index (χ1v) is 7.25. The fraction of sp³-hybridized carbons (Fsp3) is 0.333. The zero-order valence-electron chi connectivity index (χ0n) is 12.1. The number of carbonyl (C=O) groups is 1. The van der Waals surface area contributed by atoms with Gasteiger partial charge >= 0.3 is 0 Å². The maximum Gasteiger partial charge on any atom is 0.231 e. The third kappa shape index (κ3) is 3.37. The van der Waals surface area contributed by atoms with Gasteiger partial charge in [0, 0.05) is 6.20 Å². The molecule has 0 aromatic carbocycles. The number of hydrogen-bond donors (Lipinski definition) is 2. The third-order valence-corrected chi connectivity index (χ3v) is 3.64. The Hall–Kier alpha value is -2.54. The van der Waals surface area contributed by atoms with Gasteiger partial charge in [-0.05, 0) is 31.5 Å². The van der Waals surface area contributed by atoms with Gasteiger partial charge < -0.3 is 11.1 Å². The van der Waals surface area contributed by atoms with Crippen molar-refractivity contribution in [1.82, 2.24) is 19.9 Å². The Kier molecular flexibility index (Phi) is 4.24. The number of primary amides is 1. The molecule has 0 bridgehead atoms. The highest BCUT2D eigenvalue weighted by Gasteiger charge is 2.28. The molecule has 1 aliphatic rings. The van der Waals surface area contributed by atoms with Gasteiger partial charge in [-0.2, -0.15) is 0 Å². The van der Waals surface area contributed by atoms with Crippen LogP contribution in [0.3, 0.4) is 0 Å². The van der Waals surface area contributed by atoms with Crippen LogP contribution in [0.4, 0.5) is 11.6 Å². The fourth-order valence-corrected chi connectivity index (χ4v) is 2.72. The number of rotatable bonds is 5. The van der Waals surface area contributed by atoms with Gasteiger partial charge in [0.1, 0.15) is 11.6 Å². The van der Waals surface area contributed by atoms with E-state index in [9.17, 15) is 4.79 Å². The van der Waals surface area contributed by atoms with Crippen molar-refractivity contribution in [3.05, 3.63) is 42.5 Å². The molecule has 0 aliphatic carbocycles. The lowest BCUT2D eigenvalue weighted by Crippen LogP contribution is -2.33. The van der Waals surface area contributed by atoms with Crippen LogP contribution in [0.15, 0.2) is 36.8 Å². The Morgan fingerprint density at radius 3 is 3.05 bits per heavy atom. The minimum atomic E-state index is -0.317. The maximum absolute atomic E-state index is 11.2. The molecule has 0 saturated carbocycles. The van der Waals surface area contributed by atoms with Gasteiger partial charge in [-0.1, -0.05) is 6.07 Å². The van der Waals surface area contributed by atoms with Gasteiger partial charge in [0.05, 0.1) is 30.7 Å². The molecule has 0 unspecified atom stereocenters. The molecule has 1 fully saturated rings. The lowest BCUT2D eigenvalue weighted by atomic mass is 10.1. The van der Waals surface area contributed by atoms with Crippen LogP contribution >= 0.6 is 0 Å². The molecule has 3 heterocycles. The summed E-state index contributed by atoms with van der Waals surface area (Å²) in [6, 6.07) is 5.71. The van der Waals surface area contributed by atoms with Crippen molar-refractivity contribution in [2.75, 3.05) is 18.4 Å². The molecule has 0 spiro atoms. The van der Waals surface area contributed by atoms with E-state index in [2.05, 4.69) is 25.2 Å². The van der Waals surface area contributed by atoms with E-state index in [4.69, 9.17) is 5.73 Å². The summed E-state index contributed by atoms with van der Waals surface area (Å²) in [7, 11) is 0. The average Bonchev–Trinajstić information content (AvgIpc) is 2.96. The van der Waals surface area contributed by atoms with E-state index in [1.54, 1.807) is 18.6 Å². The second-order valence-electron chi connectivity index (χ2n) is 5.26. The molecule has 1 aliphatic heterocycles. The van der Waals surface area contributed by atoms with Crippen molar-refractivity contribution < 1.29 is 4.79 Å².